The molecule has 0 spiro atoms. The maximum atomic E-state index is 6.76. The monoisotopic (exact) mass is 1230 g/mol. The Morgan fingerprint density at radius 1 is 0.377 bits per heavy atom. The van der Waals surface area contributed by atoms with Crippen molar-refractivity contribution < 1.29 is 41.2 Å². The number of rotatable bonds is 26. The van der Waals surface area contributed by atoms with Gasteiger partial charge in [0.25, 0.3) is 10.0 Å². The van der Waals surface area contributed by atoms with E-state index in [4.69, 9.17) is 41.2 Å². The molecule has 3 unspecified atom stereocenters. The SMILES string of the molecule is C[SiH](C)C[Si](O[SiH](C)C)(O[Si](C)(C)C)c1ccccc1.C[SiH](C)O[Si](O[SiH](C)C)(O[SiH](C)C)c1ccccc1.C[SiH](C[SiH](C)O[Si](C)(C)C)O[Si](C)(C)C.C[Si](C)(C)O[SiH2]O[Si](C)(C)O[Si](C)(C)C. The van der Waals surface area contributed by atoms with Gasteiger partial charge in [-0.15, -0.1) is 0 Å². The minimum Gasteiger partial charge on any atom is -0.458 e. The molecule has 2 aromatic rings. The van der Waals surface area contributed by atoms with Crippen molar-refractivity contribution >= 4 is 151 Å². The summed E-state index contributed by atoms with van der Waals surface area (Å²) in [6.07, 6.45) is 0. The van der Waals surface area contributed by atoms with Gasteiger partial charge in [0.2, 0.25) is 0 Å². The molecule has 10 nitrogen and oxygen atoms in total. The predicted molar refractivity (Wildman–Crippen MR) is 347 cm³/mol. The van der Waals surface area contributed by atoms with E-state index in [1.165, 1.54) is 16.5 Å². The molecule has 0 aliphatic rings. The molecule has 0 aliphatic heterocycles. The summed E-state index contributed by atoms with van der Waals surface area (Å²) in [5.74, 6) is 0. The fraction of sp³-hybridized carbons (Fsp3) is 0.721. The van der Waals surface area contributed by atoms with E-state index >= 15 is 0 Å². The molecule has 2 aromatic carbocycles. The quantitative estimate of drug-likeness (QED) is 0.0848. The zero-order valence-corrected chi connectivity index (χ0v) is 67.5. The van der Waals surface area contributed by atoms with E-state index in [0.29, 0.717) is 0 Å². The van der Waals surface area contributed by atoms with Crippen LogP contribution in [0.2, 0.25) is 201 Å². The van der Waals surface area contributed by atoms with Crippen molar-refractivity contribution in [2.75, 3.05) is 0 Å². The van der Waals surface area contributed by atoms with Gasteiger partial charge >= 0.3 is 25.9 Å². The Morgan fingerprint density at radius 2 is 0.725 bits per heavy atom. The van der Waals surface area contributed by atoms with Gasteiger partial charge in [-0.1, -0.05) is 73.8 Å². The lowest BCUT2D eigenvalue weighted by atomic mass is 10.4. The molecule has 69 heavy (non-hydrogen) atoms. The molecule has 0 radical (unpaired) electrons. The van der Waals surface area contributed by atoms with Crippen LogP contribution in [0.25, 0.3) is 0 Å². The average molecular weight is 1240 g/mol. The Labute approximate surface area is 450 Å². The van der Waals surface area contributed by atoms with Crippen molar-refractivity contribution in [3.63, 3.8) is 0 Å². The zero-order valence-electron chi connectivity index (χ0n) is 50.0. The molecule has 0 saturated heterocycles. The first-order valence-electron chi connectivity index (χ1n) is 25.8. The van der Waals surface area contributed by atoms with Gasteiger partial charge in [-0.2, -0.15) is 0 Å². The van der Waals surface area contributed by atoms with Crippen LogP contribution in [0.1, 0.15) is 0 Å². The Hall–Kier alpha value is 1.51. The first-order valence-corrected chi connectivity index (χ1v) is 69.7. The van der Waals surface area contributed by atoms with Gasteiger partial charge in [0.1, 0.15) is 0 Å². The van der Waals surface area contributed by atoms with Gasteiger partial charge < -0.3 is 41.2 Å². The maximum absolute atomic E-state index is 6.76. The average Bonchev–Trinajstić information content (AvgIpc) is 3.07. The van der Waals surface area contributed by atoms with Gasteiger partial charge in [0.05, 0.1) is 0 Å². The summed E-state index contributed by atoms with van der Waals surface area (Å²) in [7, 11) is -22.3. The molecule has 3 atom stereocenters. The molecule has 0 saturated carbocycles. The minimum absolute atomic E-state index is 0.758. The van der Waals surface area contributed by atoms with Crippen LogP contribution in [-0.4, -0.2) is 141 Å². The predicted octanol–water partition coefficient (Wildman–Crippen LogP) is 10.4. The van der Waals surface area contributed by atoms with Crippen molar-refractivity contribution in [2.45, 2.75) is 201 Å². The van der Waals surface area contributed by atoms with Crippen molar-refractivity contribution in [3.8, 4) is 0 Å². The summed E-state index contributed by atoms with van der Waals surface area (Å²) in [5.41, 5.74) is 2.47. The molecule has 0 bridgehead atoms. The number of benzene rings is 2. The van der Waals surface area contributed by atoms with Crippen molar-refractivity contribution in [3.05, 3.63) is 60.7 Å². The molecule has 26 heteroatoms. The Kier molecular flexibility index (Phi) is 34.7. The van der Waals surface area contributed by atoms with Crippen molar-refractivity contribution in [1.29, 1.82) is 0 Å². The maximum Gasteiger partial charge on any atom is 0.505 e. The lowest BCUT2D eigenvalue weighted by molar-refractivity contribution is 0.290. The normalized spacial score (nSPS) is 15.2. The summed E-state index contributed by atoms with van der Waals surface area (Å²) in [5, 5.41) is 2.46. The van der Waals surface area contributed by atoms with Crippen LogP contribution in [0.4, 0.5) is 0 Å². The van der Waals surface area contributed by atoms with Crippen LogP contribution in [-0.2, 0) is 41.2 Å². The third-order valence-corrected chi connectivity index (χ3v) is 58.3. The first-order chi connectivity index (χ1) is 30.9. The Bertz CT molecular complexity index is 1560. The highest BCUT2D eigenvalue weighted by molar-refractivity contribution is 6.98. The van der Waals surface area contributed by atoms with Gasteiger partial charge in [-0.3, -0.25) is 0 Å². The van der Waals surface area contributed by atoms with Gasteiger partial charge in [0, 0.05) is 14.0 Å². The molecular formula is C43H110O10Si16. The summed E-state index contributed by atoms with van der Waals surface area (Å²) in [6, 6.07) is 21.1. The van der Waals surface area contributed by atoms with Crippen molar-refractivity contribution in [2.24, 2.45) is 0 Å². The van der Waals surface area contributed by atoms with Crippen LogP contribution >= 0.6 is 0 Å². The van der Waals surface area contributed by atoms with Crippen LogP contribution in [0.15, 0.2) is 60.7 Å². The van der Waals surface area contributed by atoms with E-state index < -0.39 is 141 Å². The Morgan fingerprint density at radius 3 is 1.01 bits per heavy atom. The number of hydrogen-bond donors (Lipinski definition) is 0. The molecule has 406 valence electrons. The second kappa shape index (κ2) is 32.9. The van der Waals surface area contributed by atoms with Crippen LogP contribution in [0.5, 0.6) is 0 Å². The molecule has 0 N–H and O–H groups in total. The molecule has 2 rings (SSSR count). The third-order valence-electron chi connectivity index (χ3n) is 8.31. The largest absolute Gasteiger partial charge is 0.505 e. The van der Waals surface area contributed by atoms with Gasteiger partial charge in [-0.25, -0.2) is 0 Å². The smallest absolute Gasteiger partial charge is 0.458 e. The molecule has 0 aromatic heterocycles. The van der Waals surface area contributed by atoms with E-state index in [-0.39, 0.29) is 0 Å². The van der Waals surface area contributed by atoms with Crippen molar-refractivity contribution in [1.82, 2.24) is 0 Å². The molecule has 0 aliphatic carbocycles. The summed E-state index contributed by atoms with van der Waals surface area (Å²) in [4.78, 5) is 0. The summed E-state index contributed by atoms with van der Waals surface area (Å²) < 4.78 is 62.5. The van der Waals surface area contributed by atoms with E-state index in [9.17, 15) is 0 Å². The molecule has 0 amide bonds. The van der Waals surface area contributed by atoms with Gasteiger partial charge in [-0.05, 0) is 193 Å². The number of hydrogen-bond acceptors (Lipinski definition) is 10. The van der Waals surface area contributed by atoms with E-state index in [1.807, 2.05) is 18.2 Å². The topological polar surface area (TPSA) is 92.3 Å². The van der Waals surface area contributed by atoms with Crippen LogP contribution in [0, 0.1) is 0 Å². The van der Waals surface area contributed by atoms with E-state index in [0.717, 1.165) is 5.19 Å². The zero-order chi connectivity index (χ0) is 54.5. The standard InChI is InChI=1S/C14H30O2Si4.C12H26O3Si4.C9H28O2Si4.C8H26O3Si4/c1-17(2)13-20(15-18(3)4,16-19(5,6)7)14-11-9-8-10-12-14;1-16(2)13-19(14-17(3)4,15-18(5)6)12-10-8-7-9-11-12;1-12(10-14(3,4)5)9-13(2)11-15(6,7)8;1-13(2,3)9-12-10-15(7,8)11-14(4,5)6/h8-12,17-18H,13H2,1-7H3;7-11,16-18H,1-6H3;12-13H,9H2,1-8H3;12H2,1-8H3. The highest BCUT2D eigenvalue weighted by atomic mass is 28.5. The fourth-order valence-electron chi connectivity index (χ4n) is 7.21. The Balaban J connectivity index is 0. The van der Waals surface area contributed by atoms with E-state index in [1.54, 1.807) is 0 Å². The molecule has 0 fully saturated rings. The lowest BCUT2D eigenvalue weighted by Gasteiger charge is -2.39. The third kappa shape index (κ3) is 40.4. The first kappa shape index (κ1) is 72.6. The second-order valence-electron chi connectivity index (χ2n) is 25.0. The fourth-order valence-corrected chi connectivity index (χ4v) is 61.9. The second-order valence-corrected chi connectivity index (χ2v) is 80.4. The highest BCUT2D eigenvalue weighted by Crippen LogP contribution is 2.23. The lowest BCUT2D eigenvalue weighted by Crippen LogP contribution is -2.61. The van der Waals surface area contributed by atoms with Crippen LogP contribution < -0.4 is 10.4 Å². The summed E-state index contributed by atoms with van der Waals surface area (Å²) in [6.45, 7) is 65.0. The molecule has 0 heterocycles. The molecular weight excluding hydrogens is 1130 g/mol. The highest BCUT2D eigenvalue weighted by Gasteiger charge is 2.46. The van der Waals surface area contributed by atoms with Gasteiger partial charge in [0.15, 0.2) is 95.8 Å². The summed E-state index contributed by atoms with van der Waals surface area (Å²) >= 11 is 0. The van der Waals surface area contributed by atoms with E-state index in [2.05, 4.69) is 232 Å². The van der Waals surface area contributed by atoms with Crippen LogP contribution in [0.3, 0.4) is 0 Å². The minimum atomic E-state index is -2.68.